The van der Waals surface area contributed by atoms with Crippen molar-refractivity contribution < 1.29 is 9.47 Å². The van der Waals surface area contributed by atoms with Crippen molar-refractivity contribution in [2.45, 2.75) is 25.9 Å². The van der Waals surface area contributed by atoms with E-state index in [2.05, 4.69) is 25.9 Å². The molecule has 1 aromatic carbocycles. The summed E-state index contributed by atoms with van der Waals surface area (Å²) < 4.78 is 11.3. The Labute approximate surface area is 116 Å². The molecule has 0 saturated heterocycles. The average molecular weight is 275 g/mol. The molecule has 7 nitrogen and oxygen atoms in total. The minimum absolute atomic E-state index is 0.0322. The van der Waals surface area contributed by atoms with E-state index in [-0.39, 0.29) is 6.04 Å². The van der Waals surface area contributed by atoms with E-state index in [1.807, 2.05) is 25.1 Å². The smallest absolute Gasteiger partial charge is 0.191 e. The van der Waals surface area contributed by atoms with E-state index in [1.165, 1.54) is 0 Å². The number of aromatic amines is 1. The number of hydrogen-bond donors (Lipinski definition) is 2. The number of tetrazole rings is 1. The first-order chi connectivity index (χ1) is 9.83. The number of rotatable bonds is 4. The maximum Gasteiger partial charge on any atom is 0.191 e. The van der Waals surface area contributed by atoms with Crippen molar-refractivity contribution in [2.24, 2.45) is 0 Å². The summed E-state index contributed by atoms with van der Waals surface area (Å²) in [4.78, 5) is 0. The summed E-state index contributed by atoms with van der Waals surface area (Å²) in [5, 5.41) is 17.3. The van der Waals surface area contributed by atoms with Crippen molar-refractivity contribution >= 4 is 0 Å². The minimum Gasteiger partial charge on any atom is -0.490 e. The number of aromatic nitrogens is 4. The molecule has 1 unspecified atom stereocenters. The monoisotopic (exact) mass is 275 g/mol. The largest absolute Gasteiger partial charge is 0.490 e. The van der Waals surface area contributed by atoms with E-state index in [0.29, 0.717) is 25.6 Å². The molecule has 1 aliphatic rings. The molecule has 20 heavy (non-hydrogen) atoms. The van der Waals surface area contributed by atoms with Gasteiger partial charge >= 0.3 is 0 Å². The quantitative estimate of drug-likeness (QED) is 0.872. The van der Waals surface area contributed by atoms with Crippen LogP contribution >= 0.6 is 0 Å². The molecule has 1 aromatic heterocycles. The first-order valence-corrected chi connectivity index (χ1v) is 6.68. The molecule has 2 N–H and O–H groups in total. The first-order valence-electron chi connectivity index (χ1n) is 6.68. The van der Waals surface area contributed by atoms with Crippen LogP contribution in [0.5, 0.6) is 11.5 Å². The number of fused-ring (bicyclic) bond motifs is 1. The van der Waals surface area contributed by atoms with Gasteiger partial charge in [-0.15, -0.1) is 10.2 Å². The number of hydrogen-bond acceptors (Lipinski definition) is 6. The molecule has 106 valence electrons. The van der Waals surface area contributed by atoms with E-state index < -0.39 is 0 Å². The lowest BCUT2D eigenvalue weighted by Crippen LogP contribution is -2.19. The van der Waals surface area contributed by atoms with Gasteiger partial charge in [0.15, 0.2) is 17.3 Å². The van der Waals surface area contributed by atoms with Crippen LogP contribution in [-0.4, -0.2) is 33.8 Å². The molecule has 0 amide bonds. The zero-order chi connectivity index (χ0) is 13.8. The Morgan fingerprint density at radius 1 is 1.30 bits per heavy atom. The van der Waals surface area contributed by atoms with Crippen molar-refractivity contribution in [1.82, 2.24) is 25.9 Å². The van der Waals surface area contributed by atoms with Gasteiger partial charge in [-0.3, -0.25) is 0 Å². The predicted molar refractivity (Wildman–Crippen MR) is 71.5 cm³/mol. The van der Waals surface area contributed by atoms with Crippen LogP contribution < -0.4 is 14.8 Å². The Bertz CT molecular complexity index is 558. The number of H-pyrrole nitrogens is 1. The highest BCUT2D eigenvalue weighted by Gasteiger charge is 2.12. The standard InChI is InChI=1S/C13H17N5O2/c1-9(13-15-17-18-16-13)14-8-10-3-4-11-12(7-10)20-6-2-5-19-11/h3-4,7,9,14H,2,5-6,8H2,1H3,(H,15,16,17,18). The van der Waals surface area contributed by atoms with Crippen LogP contribution in [0.25, 0.3) is 0 Å². The van der Waals surface area contributed by atoms with Crippen molar-refractivity contribution in [3.8, 4) is 11.5 Å². The molecule has 2 aromatic rings. The van der Waals surface area contributed by atoms with Gasteiger partial charge in [0.2, 0.25) is 0 Å². The fraction of sp³-hybridized carbons (Fsp3) is 0.462. The highest BCUT2D eigenvalue weighted by molar-refractivity contribution is 5.43. The molecule has 0 saturated carbocycles. The van der Waals surface area contributed by atoms with Gasteiger partial charge in [-0.05, 0) is 24.6 Å². The highest BCUT2D eigenvalue weighted by Crippen LogP contribution is 2.30. The maximum absolute atomic E-state index is 5.68. The number of nitrogens with one attached hydrogen (secondary N) is 2. The highest BCUT2D eigenvalue weighted by atomic mass is 16.5. The van der Waals surface area contributed by atoms with Gasteiger partial charge in [-0.2, -0.15) is 5.21 Å². The minimum atomic E-state index is 0.0322. The summed E-state index contributed by atoms with van der Waals surface area (Å²) in [6.07, 6.45) is 0.914. The Kier molecular flexibility index (Phi) is 3.78. The zero-order valence-corrected chi connectivity index (χ0v) is 11.3. The van der Waals surface area contributed by atoms with Gasteiger partial charge < -0.3 is 14.8 Å². The third-order valence-electron chi connectivity index (χ3n) is 3.17. The maximum atomic E-state index is 5.68. The summed E-state index contributed by atoms with van der Waals surface area (Å²) in [5.41, 5.74) is 1.13. The Hall–Kier alpha value is -2.15. The van der Waals surface area contributed by atoms with E-state index in [9.17, 15) is 0 Å². The van der Waals surface area contributed by atoms with Gasteiger partial charge in [-0.25, -0.2) is 0 Å². The lowest BCUT2D eigenvalue weighted by Gasteiger charge is -2.12. The second kappa shape index (κ2) is 5.87. The van der Waals surface area contributed by atoms with Crippen molar-refractivity contribution in [1.29, 1.82) is 0 Å². The molecular weight excluding hydrogens is 258 g/mol. The molecule has 0 fully saturated rings. The summed E-state index contributed by atoms with van der Waals surface area (Å²) in [7, 11) is 0. The summed E-state index contributed by atoms with van der Waals surface area (Å²) in [6, 6.07) is 6.03. The van der Waals surface area contributed by atoms with Crippen molar-refractivity contribution in [3.05, 3.63) is 29.6 Å². The Balaban J connectivity index is 1.64. The molecule has 0 radical (unpaired) electrons. The second-order valence-corrected chi connectivity index (χ2v) is 4.70. The molecule has 2 heterocycles. The fourth-order valence-corrected chi connectivity index (χ4v) is 2.03. The van der Waals surface area contributed by atoms with Crippen LogP contribution in [0.1, 0.15) is 30.8 Å². The SMILES string of the molecule is CC(NCc1ccc2c(c1)OCCCO2)c1nn[nH]n1. The topological polar surface area (TPSA) is 85.0 Å². The molecule has 0 bridgehead atoms. The molecule has 7 heteroatoms. The summed E-state index contributed by atoms with van der Waals surface area (Å²) in [5.74, 6) is 2.28. The van der Waals surface area contributed by atoms with E-state index in [1.54, 1.807) is 0 Å². The zero-order valence-electron chi connectivity index (χ0n) is 11.3. The van der Waals surface area contributed by atoms with Crippen LogP contribution in [0, 0.1) is 0 Å². The summed E-state index contributed by atoms with van der Waals surface area (Å²) >= 11 is 0. The number of nitrogens with zero attached hydrogens (tertiary/aromatic N) is 3. The van der Waals surface area contributed by atoms with Crippen LogP contribution in [0.15, 0.2) is 18.2 Å². The van der Waals surface area contributed by atoms with E-state index in [4.69, 9.17) is 9.47 Å². The molecular formula is C13H17N5O2. The van der Waals surface area contributed by atoms with Crippen LogP contribution in [-0.2, 0) is 6.54 Å². The van der Waals surface area contributed by atoms with Gasteiger partial charge in [0.25, 0.3) is 0 Å². The average Bonchev–Trinajstić information content (AvgIpc) is 2.90. The van der Waals surface area contributed by atoms with Crippen molar-refractivity contribution in [3.63, 3.8) is 0 Å². The lowest BCUT2D eigenvalue weighted by atomic mass is 10.2. The van der Waals surface area contributed by atoms with Crippen molar-refractivity contribution in [2.75, 3.05) is 13.2 Å². The number of benzene rings is 1. The molecule has 0 spiro atoms. The third-order valence-corrected chi connectivity index (χ3v) is 3.17. The Morgan fingerprint density at radius 3 is 2.95 bits per heavy atom. The fourth-order valence-electron chi connectivity index (χ4n) is 2.03. The van der Waals surface area contributed by atoms with Crippen LogP contribution in [0.2, 0.25) is 0 Å². The molecule has 3 rings (SSSR count). The van der Waals surface area contributed by atoms with Gasteiger partial charge in [-0.1, -0.05) is 11.3 Å². The van der Waals surface area contributed by atoms with Crippen LogP contribution in [0.4, 0.5) is 0 Å². The van der Waals surface area contributed by atoms with E-state index in [0.717, 1.165) is 23.5 Å². The van der Waals surface area contributed by atoms with E-state index >= 15 is 0 Å². The second-order valence-electron chi connectivity index (χ2n) is 4.70. The normalized spacial score (nSPS) is 15.7. The van der Waals surface area contributed by atoms with Gasteiger partial charge in [0, 0.05) is 13.0 Å². The Morgan fingerprint density at radius 2 is 2.15 bits per heavy atom. The third kappa shape index (κ3) is 2.88. The molecule has 0 aliphatic carbocycles. The van der Waals surface area contributed by atoms with Crippen LogP contribution in [0.3, 0.4) is 0 Å². The number of ether oxygens (including phenoxy) is 2. The summed E-state index contributed by atoms with van der Waals surface area (Å²) in [6.45, 7) is 4.10. The predicted octanol–water partition coefficient (Wildman–Crippen LogP) is 1.21. The molecule has 1 atom stereocenters. The lowest BCUT2D eigenvalue weighted by molar-refractivity contribution is 0.297. The van der Waals surface area contributed by atoms with Gasteiger partial charge in [0.05, 0.1) is 19.3 Å². The van der Waals surface area contributed by atoms with Gasteiger partial charge in [0.1, 0.15) is 0 Å². The first kappa shape index (κ1) is 12.9. The molecule has 1 aliphatic heterocycles.